The van der Waals surface area contributed by atoms with Crippen molar-refractivity contribution in [1.29, 1.82) is 0 Å². The Morgan fingerprint density at radius 2 is 1.28 bits per heavy atom. The molecule has 4 aromatic carbocycles. The monoisotopic (exact) mass is 375 g/mol. The zero-order valence-electron chi connectivity index (χ0n) is 16.5. The molecule has 3 nitrogen and oxygen atoms in total. The van der Waals surface area contributed by atoms with Crippen molar-refractivity contribution >= 4 is 27.4 Å². The molecule has 0 unspecified atom stereocenters. The van der Waals surface area contributed by atoms with E-state index in [2.05, 4.69) is 91.8 Å². The second-order valence-corrected chi connectivity index (χ2v) is 7.42. The number of anilines is 1. The smallest absolute Gasteiger partial charge is 0.160 e. The minimum atomic E-state index is 0.750. The van der Waals surface area contributed by atoms with E-state index >= 15 is 0 Å². The van der Waals surface area contributed by atoms with E-state index in [1.165, 1.54) is 16.5 Å². The lowest BCUT2D eigenvalue weighted by Gasteiger charge is -2.14. The fourth-order valence-corrected chi connectivity index (χ4v) is 3.67. The van der Waals surface area contributed by atoms with Gasteiger partial charge in [-0.15, -0.1) is 0 Å². The summed E-state index contributed by atoms with van der Waals surface area (Å²) in [4.78, 5) is 12.0. The molecule has 0 aliphatic carbocycles. The Morgan fingerprint density at radius 1 is 0.621 bits per heavy atom. The Labute approximate surface area is 170 Å². The van der Waals surface area contributed by atoms with Crippen LogP contribution in [0.1, 0.15) is 0 Å². The van der Waals surface area contributed by atoms with E-state index in [1.807, 2.05) is 18.2 Å². The van der Waals surface area contributed by atoms with E-state index < -0.39 is 0 Å². The Bertz CT molecular complexity index is 1310. The van der Waals surface area contributed by atoms with E-state index in [0.29, 0.717) is 0 Å². The zero-order valence-corrected chi connectivity index (χ0v) is 16.5. The molecule has 5 aromatic rings. The SMILES string of the molecule is CN(C)c1ccc(-c2nc(-c3ccccc3)nc3cc4ccccc4cc23)cc1. The molecule has 5 rings (SSSR count). The van der Waals surface area contributed by atoms with Crippen LogP contribution in [0.25, 0.3) is 44.3 Å². The Morgan fingerprint density at radius 3 is 1.97 bits per heavy atom. The Balaban J connectivity index is 1.80. The molecule has 0 saturated carbocycles. The number of rotatable bonds is 3. The molecule has 0 radical (unpaired) electrons. The number of benzene rings is 4. The van der Waals surface area contributed by atoms with Crippen molar-refractivity contribution in [1.82, 2.24) is 9.97 Å². The summed E-state index contributed by atoms with van der Waals surface area (Å²) < 4.78 is 0. The molecular formula is C26H21N3. The first-order valence-electron chi connectivity index (χ1n) is 9.73. The maximum Gasteiger partial charge on any atom is 0.160 e. The van der Waals surface area contributed by atoms with Crippen LogP contribution in [-0.2, 0) is 0 Å². The largest absolute Gasteiger partial charge is 0.378 e. The molecule has 0 fully saturated rings. The molecular weight excluding hydrogens is 354 g/mol. The maximum absolute atomic E-state index is 5.00. The third-order valence-corrected chi connectivity index (χ3v) is 5.25. The number of fused-ring (bicyclic) bond motifs is 2. The van der Waals surface area contributed by atoms with Crippen LogP contribution in [0, 0.1) is 0 Å². The van der Waals surface area contributed by atoms with Gasteiger partial charge in [-0.1, -0.05) is 66.7 Å². The average Bonchev–Trinajstić information content (AvgIpc) is 2.77. The summed E-state index contributed by atoms with van der Waals surface area (Å²) in [5, 5.41) is 3.45. The highest BCUT2D eigenvalue weighted by molar-refractivity contribution is 6.02. The predicted molar refractivity (Wildman–Crippen MR) is 122 cm³/mol. The molecule has 0 bridgehead atoms. The maximum atomic E-state index is 5.00. The predicted octanol–water partition coefficient (Wildman–Crippen LogP) is 6.18. The molecule has 0 amide bonds. The van der Waals surface area contributed by atoms with E-state index in [-0.39, 0.29) is 0 Å². The highest BCUT2D eigenvalue weighted by Gasteiger charge is 2.13. The summed E-state index contributed by atoms with van der Waals surface area (Å²) in [6, 6.07) is 31.5. The molecule has 0 atom stereocenters. The van der Waals surface area contributed by atoms with Gasteiger partial charge in [-0.2, -0.15) is 0 Å². The summed E-state index contributed by atoms with van der Waals surface area (Å²) in [7, 11) is 4.10. The first-order valence-corrected chi connectivity index (χ1v) is 9.73. The van der Waals surface area contributed by atoms with Gasteiger partial charge in [0.1, 0.15) is 0 Å². The molecule has 1 aromatic heterocycles. The van der Waals surface area contributed by atoms with Gasteiger partial charge in [0.05, 0.1) is 11.2 Å². The fraction of sp³-hybridized carbons (Fsp3) is 0.0769. The van der Waals surface area contributed by atoms with E-state index in [1.54, 1.807) is 0 Å². The molecule has 1 heterocycles. The Kier molecular flexibility index (Phi) is 4.21. The van der Waals surface area contributed by atoms with Crippen LogP contribution in [0.2, 0.25) is 0 Å². The molecule has 0 aliphatic rings. The first kappa shape index (κ1) is 17.4. The third-order valence-electron chi connectivity index (χ3n) is 5.25. The minimum absolute atomic E-state index is 0.750. The second-order valence-electron chi connectivity index (χ2n) is 7.42. The van der Waals surface area contributed by atoms with Crippen molar-refractivity contribution < 1.29 is 0 Å². The summed E-state index contributed by atoms with van der Waals surface area (Å²) >= 11 is 0. The highest BCUT2D eigenvalue weighted by Crippen LogP contribution is 2.32. The zero-order chi connectivity index (χ0) is 19.8. The number of hydrogen-bond donors (Lipinski definition) is 0. The van der Waals surface area contributed by atoms with Gasteiger partial charge in [0.2, 0.25) is 0 Å². The van der Waals surface area contributed by atoms with Crippen LogP contribution in [0.15, 0.2) is 91.0 Å². The van der Waals surface area contributed by atoms with Gasteiger partial charge in [-0.3, -0.25) is 0 Å². The topological polar surface area (TPSA) is 29.0 Å². The van der Waals surface area contributed by atoms with Gasteiger partial charge in [0.25, 0.3) is 0 Å². The quantitative estimate of drug-likeness (QED) is 0.352. The van der Waals surface area contributed by atoms with Gasteiger partial charge in [0, 0.05) is 36.3 Å². The van der Waals surface area contributed by atoms with Gasteiger partial charge >= 0.3 is 0 Å². The number of aromatic nitrogens is 2. The van der Waals surface area contributed by atoms with Gasteiger partial charge in [-0.05, 0) is 35.0 Å². The van der Waals surface area contributed by atoms with Crippen LogP contribution in [-0.4, -0.2) is 24.1 Å². The molecule has 140 valence electrons. The van der Waals surface area contributed by atoms with Crippen molar-refractivity contribution in [2.24, 2.45) is 0 Å². The molecule has 3 heteroatoms. The van der Waals surface area contributed by atoms with Crippen LogP contribution in [0.3, 0.4) is 0 Å². The van der Waals surface area contributed by atoms with Crippen LogP contribution < -0.4 is 4.90 Å². The average molecular weight is 375 g/mol. The van der Waals surface area contributed by atoms with Crippen molar-refractivity contribution in [3.05, 3.63) is 91.0 Å². The van der Waals surface area contributed by atoms with Gasteiger partial charge in [-0.25, -0.2) is 9.97 Å². The van der Waals surface area contributed by atoms with Crippen LogP contribution >= 0.6 is 0 Å². The number of nitrogens with zero attached hydrogens (tertiary/aromatic N) is 3. The second kappa shape index (κ2) is 7.02. The van der Waals surface area contributed by atoms with Crippen LogP contribution in [0.4, 0.5) is 5.69 Å². The number of hydrogen-bond acceptors (Lipinski definition) is 3. The fourth-order valence-electron chi connectivity index (χ4n) is 3.67. The summed E-state index contributed by atoms with van der Waals surface area (Å²) in [6.07, 6.45) is 0. The van der Waals surface area contributed by atoms with Crippen molar-refractivity contribution in [2.75, 3.05) is 19.0 Å². The van der Waals surface area contributed by atoms with E-state index in [9.17, 15) is 0 Å². The highest BCUT2D eigenvalue weighted by atomic mass is 15.1. The molecule has 0 spiro atoms. The van der Waals surface area contributed by atoms with Crippen molar-refractivity contribution in [3.8, 4) is 22.6 Å². The lowest BCUT2D eigenvalue weighted by atomic mass is 10.0. The third kappa shape index (κ3) is 3.21. The normalized spacial score (nSPS) is 11.1. The van der Waals surface area contributed by atoms with E-state index in [4.69, 9.17) is 9.97 Å². The lowest BCUT2D eigenvalue weighted by molar-refractivity contribution is 1.13. The van der Waals surface area contributed by atoms with Crippen molar-refractivity contribution in [2.45, 2.75) is 0 Å². The standard InChI is InChI=1S/C26H21N3/c1-29(2)22-14-12-18(13-15-22)25-23-16-20-10-6-7-11-21(20)17-24(23)27-26(28-25)19-8-4-3-5-9-19/h3-17H,1-2H3. The Hall–Kier alpha value is -3.72. The molecule has 0 N–H and O–H groups in total. The summed E-state index contributed by atoms with van der Waals surface area (Å²) in [5.41, 5.74) is 5.21. The van der Waals surface area contributed by atoms with Crippen molar-refractivity contribution in [3.63, 3.8) is 0 Å². The summed E-state index contributed by atoms with van der Waals surface area (Å²) in [5.74, 6) is 0.750. The summed E-state index contributed by atoms with van der Waals surface area (Å²) in [6.45, 7) is 0. The lowest BCUT2D eigenvalue weighted by Crippen LogP contribution is -2.08. The van der Waals surface area contributed by atoms with E-state index in [0.717, 1.165) is 33.5 Å². The van der Waals surface area contributed by atoms with Crippen LogP contribution in [0.5, 0.6) is 0 Å². The molecule has 29 heavy (non-hydrogen) atoms. The van der Waals surface area contributed by atoms with Gasteiger partial charge < -0.3 is 4.90 Å². The molecule has 0 aliphatic heterocycles. The molecule has 0 saturated heterocycles. The van der Waals surface area contributed by atoms with Gasteiger partial charge in [0.15, 0.2) is 5.82 Å². The first-order chi connectivity index (χ1) is 14.2. The minimum Gasteiger partial charge on any atom is -0.378 e.